The molecule has 0 atom stereocenters. The van der Waals surface area contributed by atoms with Gasteiger partial charge in [0, 0.05) is 22.0 Å². The summed E-state index contributed by atoms with van der Waals surface area (Å²) in [6.45, 7) is 4.10. The van der Waals surface area contributed by atoms with Gasteiger partial charge in [-0.1, -0.05) is 70.9 Å². The number of thioether (sulfide) groups is 1. The fourth-order valence-corrected chi connectivity index (χ4v) is 3.92. The Morgan fingerprint density at radius 3 is 2.16 bits per heavy atom. The average Bonchev–Trinajstić information content (AvgIpc) is 3.19. The van der Waals surface area contributed by atoms with Crippen molar-refractivity contribution in [1.82, 2.24) is 14.8 Å². The molecule has 31 heavy (non-hydrogen) atoms. The van der Waals surface area contributed by atoms with Crippen LogP contribution in [0.25, 0.3) is 17.1 Å². The summed E-state index contributed by atoms with van der Waals surface area (Å²) in [6.07, 6.45) is 0. The Hall–Kier alpha value is -3.09. The number of nitrogens with one attached hydrogen (secondary N) is 1. The lowest BCUT2D eigenvalue weighted by Crippen LogP contribution is -2.14. The summed E-state index contributed by atoms with van der Waals surface area (Å²) in [6, 6.07) is 23.4. The van der Waals surface area contributed by atoms with Crippen LogP contribution in [0.2, 0.25) is 5.02 Å². The molecule has 0 radical (unpaired) electrons. The van der Waals surface area contributed by atoms with Gasteiger partial charge in [0.05, 0.1) is 5.75 Å². The highest BCUT2D eigenvalue weighted by Gasteiger charge is 2.17. The second kappa shape index (κ2) is 9.37. The zero-order valence-electron chi connectivity index (χ0n) is 17.2. The van der Waals surface area contributed by atoms with Gasteiger partial charge >= 0.3 is 0 Å². The Balaban J connectivity index is 1.59. The summed E-state index contributed by atoms with van der Waals surface area (Å²) in [4.78, 5) is 12.5. The Morgan fingerprint density at radius 1 is 0.903 bits per heavy atom. The third-order valence-corrected chi connectivity index (χ3v) is 5.88. The summed E-state index contributed by atoms with van der Waals surface area (Å²) in [7, 11) is 0. The van der Waals surface area contributed by atoms with Crippen molar-refractivity contribution in [3.63, 3.8) is 0 Å². The number of nitrogens with zero attached hydrogens (tertiary/aromatic N) is 3. The lowest BCUT2D eigenvalue weighted by atomic mass is 10.1. The van der Waals surface area contributed by atoms with Crippen molar-refractivity contribution in [1.29, 1.82) is 0 Å². The molecule has 4 aromatic rings. The number of hydrogen-bond acceptors (Lipinski definition) is 4. The molecule has 1 amide bonds. The molecule has 1 N–H and O–H groups in total. The van der Waals surface area contributed by atoms with E-state index in [1.54, 1.807) is 24.3 Å². The van der Waals surface area contributed by atoms with E-state index in [9.17, 15) is 4.79 Å². The zero-order valence-corrected chi connectivity index (χ0v) is 18.7. The minimum absolute atomic E-state index is 0.123. The summed E-state index contributed by atoms with van der Waals surface area (Å²) >= 11 is 7.25. The van der Waals surface area contributed by atoms with Crippen molar-refractivity contribution in [2.45, 2.75) is 19.0 Å². The second-order valence-corrected chi connectivity index (χ2v) is 8.57. The molecule has 0 saturated carbocycles. The van der Waals surface area contributed by atoms with Gasteiger partial charge < -0.3 is 5.32 Å². The lowest BCUT2D eigenvalue weighted by Gasteiger charge is -2.11. The van der Waals surface area contributed by atoms with Crippen molar-refractivity contribution in [2.75, 3.05) is 11.1 Å². The maximum Gasteiger partial charge on any atom is 0.234 e. The van der Waals surface area contributed by atoms with Crippen LogP contribution in [0.1, 0.15) is 11.1 Å². The Labute approximate surface area is 190 Å². The van der Waals surface area contributed by atoms with Gasteiger partial charge in [-0.05, 0) is 50.2 Å². The lowest BCUT2D eigenvalue weighted by molar-refractivity contribution is -0.113. The fourth-order valence-electron chi connectivity index (χ4n) is 3.04. The summed E-state index contributed by atoms with van der Waals surface area (Å²) in [5.41, 5.74) is 4.97. The summed E-state index contributed by atoms with van der Waals surface area (Å²) in [5.74, 6) is 0.827. The number of aromatic nitrogens is 3. The Morgan fingerprint density at radius 2 is 1.52 bits per heavy atom. The van der Waals surface area contributed by atoms with Gasteiger partial charge in [0.2, 0.25) is 5.91 Å². The molecule has 156 valence electrons. The van der Waals surface area contributed by atoms with E-state index in [0.717, 1.165) is 17.1 Å². The van der Waals surface area contributed by atoms with E-state index < -0.39 is 0 Å². The SMILES string of the molecule is Cc1ccc(-c2nnc(SCC(=O)Nc3ccc(Cl)cc3)n2-c2ccc(C)cc2)cc1. The minimum Gasteiger partial charge on any atom is -0.325 e. The largest absolute Gasteiger partial charge is 0.325 e. The van der Waals surface area contributed by atoms with E-state index in [-0.39, 0.29) is 11.7 Å². The molecule has 0 saturated heterocycles. The van der Waals surface area contributed by atoms with Crippen LogP contribution in [0.3, 0.4) is 0 Å². The highest BCUT2D eigenvalue weighted by molar-refractivity contribution is 7.99. The predicted octanol–water partition coefficient (Wildman–Crippen LogP) is 5.94. The number of halogens is 1. The molecule has 4 rings (SSSR count). The van der Waals surface area contributed by atoms with E-state index in [4.69, 9.17) is 11.6 Å². The molecule has 1 heterocycles. The van der Waals surface area contributed by atoms with Gasteiger partial charge in [0.15, 0.2) is 11.0 Å². The number of anilines is 1. The third kappa shape index (κ3) is 5.16. The first kappa shape index (κ1) is 21.2. The third-order valence-electron chi connectivity index (χ3n) is 4.70. The second-order valence-electron chi connectivity index (χ2n) is 7.19. The van der Waals surface area contributed by atoms with Crippen LogP contribution >= 0.6 is 23.4 Å². The monoisotopic (exact) mass is 448 g/mol. The molecule has 1 aromatic heterocycles. The Bertz CT molecular complexity index is 1190. The molecule has 7 heteroatoms. The molecule has 0 aliphatic carbocycles. The number of amides is 1. The van der Waals surface area contributed by atoms with Crippen molar-refractivity contribution in [3.8, 4) is 17.1 Å². The maximum absolute atomic E-state index is 12.5. The van der Waals surface area contributed by atoms with Crippen molar-refractivity contribution < 1.29 is 4.79 Å². The highest BCUT2D eigenvalue weighted by atomic mass is 35.5. The topological polar surface area (TPSA) is 59.8 Å². The maximum atomic E-state index is 12.5. The number of aryl methyl sites for hydroxylation is 2. The van der Waals surface area contributed by atoms with Crippen LogP contribution in [0.4, 0.5) is 5.69 Å². The van der Waals surface area contributed by atoms with Crippen LogP contribution in [0.15, 0.2) is 78.0 Å². The van der Waals surface area contributed by atoms with Crippen LogP contribution in [-0.2, 0) is 4.79 Å². The number of rotatable bonds is 6. The van der Waals surface area contributed by atoms with Crippen molar-refractivity contribution in [3.05, 3.63) is 88.9 Å². The van der Waals surface area contributed by atoms with Crippen LogP contribution < -0.4 is 5.32 Å². The Kier molecular flexibility index (Phi) is 6.39. The molecular formula is C24H21ClN4OS. The van der Waals surface area contributed by atoms with E-state index in [1.807, 2.05) is 35.8 Å². The highest BCUT2D eigenvalue weighted by Crippen LogP contribution is 2.28. The number of hydrogen-bond donors (Lipinski definition) is 1. The molecule has 0 unspecified atom stereocenters. The first-order valence-corrected chi connectivity index (χ1v) is 11.1. The fraction of sp³-hybridized carbons (Fsp3) is 0.125. The van der Waals surface area contributed by atoms with Crippen molar-refractivity contribution in [2.24, 2.45) is 0 Å². The zero-order chi connectivity index (χ0) is 21.8. The van der Waals surface area contributed by atoms with Gasteiger partial charge in [-0.25, -0.2) is 0 Å². The molecular weight excluding hydrogens is 428 g/mol. The molecule has 0 spiro atoms. The number of carbonyl (C=O) groups is 1. The van der Waals surface area contributed by atoms with E-state index >= 15 is 0 Å². The summed E-state index contributed by atoms with van der Waals surface area (Å²) in [5, 5.41) is 13.0. The molecule has 5 nitrogen and oxygen atoms in total. The van der Waals surface area contributed by atoms with Crippen LogP contribution in [0.5, 0.6) is 0 Å². The van der Waals surface area contributed by atoms with E-state index in [0.29, 0.717) is 15.9 Å². The predicted molar refractivity (Wildman–Crippen MR) is 127 cm³/mol. The van der Waals surface area contributed by atoms with Gasteiger partial charge in [-0.2, -0.15) is 0 Å². The molecule has 0 aliphatic rings. The first-order chi connectivity index (χ1) is 15.0. The molecule has 0 bridgehead atoms. The van der Waals surface area contributed by atoms with E-state index in [1.165, 1.54) is 22.9 Å². The molecule has 0 aliphatic heterocycles. The van der Waals surface area contributed by atoms with Gasteiger partial charge in [0.25, 0.3) is 0 Å². The van der Waals surface area contributed by atoms with Gasteiger partial charge in [-0.3, -0.25) is 9.36 Å². The number of carbonyl (C=O) groups excluding carboxylic acids is 1. The average molecular weight is 449 g/mol. The van der Waals surface area contributed by atoms with Gasteiger partial charge in [-0.15, -0.1) is 10.2 Å². The van der Waals surface area contributed by atoms with Crippen LogP contribution in [-0.4, -0.2) is 26.4 Å². The first-order valence-electron chi connectivity index (χ1n) is 9.77. The normalized spacial score (nSPS) is 10.8. The molecule has 3 aromatic carbocycles. The van der Waals surface area contributed by atoms with Gasteiger partial charge in [0.1, 0.15) is 0 Å². The minimum atomic E-state index is -0.123. The standard InChI is InChI=1S/C24H21ClN4OS/c1-16-3-7-18(8-4-16)23-27-28-24(29(23)21-13-5-17(2)6-14-21)31-15-22(30)26-20-11-9-19(25)10-12-20/h3-14H,15H2,1-2H3,(H,26,30). The molecule has 0 fully saturated rings. The quantitative estimate of drug-likeness (QED) is 0.371. The summed E-state index contributed by atoms with van der Waals surface area (Å²) < 4.78 is 1.99. The van der Waals surface area contributed by atoms with Crippen molar-refractivity contribution >= 4 is 35.0 Å². The van der Waals surface area contributed by atoms with E-state index in [2.05, 4.69) is 46.7 Å². The van der Waals surface area contributed by atoms with Crippen LogP contribution in [0, 0.1) is 13.8 Å². The smallest absolute Gasteiger partial charge is 0.234 e. The number of benzene rings is 3.